The van der Waals surface area contributed by atoms with E-state index in [2.05, 4.69) is 0 Å². The van der Waals surface area contributed by atoms with Gasteiger partial charge in [-0.05, 0) is 0 Å². The van der Waals surface area contributed by atoms with Gasteiger partial charge in [0, 0.05) is 0 Å². The third-order valence-corrected chi connectivity index (χ3v) is 0. The fraction of sp³-hybridized carbons (Fsp3) is 0. The van der Waals surface area contributed by atoms with Gasteiger partial charge in [0.15, 0.2) is 0 Å². The summed E-state index contributed by atoms with van der Waals surface area (Å²) >= 11 is -11.2. The van der Waals surface area contributed by atoms with Gasteiger partial charge in [-0.1, -0.05) is 0 Å². The fourth-order valence-electron chi connectivity index (χ4n) is 0. The molecule has 0 aromatic rings. The SMILES string of the molecule is [Na+].[O]=[Cr](=[O])([O-])[O-].[O]=[Cr](=[O])([O-])[OH].[Pb+2]. The second-order valence-electron chi connectivity index (χ2n) is 0.836. The van der Waals surface area contributed by atoms with Crippen LogP contribution in [0.15, 0.2) is 0 Å². The first-order valence-electron chi connectivity index (χ1n) is 1.35. The molecular weight excluding hydrogens is 462 g/mol. The second-order valence-corrected chi connectivity index (χ2v) is 3.45. The Kier molecular flexibility index (Phi) is 18.9. The van der Waals surface area contributed by atoms with Gasteiger partial charge in [0.25, 0.3) is 0 Å². The molecule has 0 bridgehead atoms. The molecule has 0 aromatic heterocycles. The van der Waals surface area contributed by atoms with Crippen LogP contribution in [-0.2, 0) is 42.4 Å². The van der Waals surface area contributed by atoms with Gasteiger partial charge in [-0.2, -0.15) is 0 Å². The molecule has 0 saturated carbocycles. The van der Waals surface area contributed by atoms with Crippen molar-refractivity contribution in [2.75, 3.05) is 0 Å². The van der Waals surface area contributed by atoms with Crippen molar-refractivity contribution in [3.8, 4) is 0 Å². The minimum Gasteiger partial charge on any atom is 2.00 e. The topological polar surface area (TPSA) is 158 Å². The molecule has 8 nitrogen and oxygen atoms in total. The Balaban J connectivity index is -0.0000000457. The summed E-state index contributed by atoms with van der Waals surface area (Å²) in [5.74, 6) is 0. The van der Waals surface area contributed by atoms with Crippen LogP contribution in [0, 0.1) is 0 Å². The van der Waals surface area contributed by atoms with Gasteiger partial charge < -0.3 is 0 Å². The predicted molar refractivity (Wildman–Crippen MR) is 10.7 cm³/mol. The summed E-state index contributed by atoms with van der Waals surface area (Å²) in [5.41, 5.74) is 0. The van der Waals surface area contributed by atoms with Crippen molar-refractivity contribution in [1.29, 1.82) is 0 Å². The molecule has 0 rings (SSSR count). The van der Waals surface area contributed by atoms with Crippen LogP contribution in [0.5, 0.6) is 0 Å². The Hall–Kier alpha value is 2.03. The molecule has 1 N–H and O–H groups in total. The summed E-state index contributed by atoms with van der Waals surface area (Å²) in [6, 6.07) is 0. The summed E-state index contributed by atoms with van der Waals surface area (Å²) in [7, 11) is 0. The van der Waals surface area contributed by atoms with Crippen LogP contribution in [0.2, 0.25) is 0 Å². The van der Waals surface area contributed by atoms with Crippen LogP contribution >= 0.6 is 0 Å². The molecule has 0 spiro atoms. The first-order chi connectivity index (χ1) is 4.00. The third kappa shape index (κ3) is 356. The van der Waals surface area contributed by atoms with Crippen molar-refractivity contribution in [2.45, 2.75) is 0 Å². The first kappa shape index (κ1) is 23.7. The van der Waals surface area contributed by atoms with Crippen LogP contribution in [0.4, 0.5) is 0 Å². The maximum Gasteiger partial charge on any atom is 2.00 e. The monoisotopic (exact) mass is 464 g/mol. The van der Waals surface area contributed by atoms with E-state index in [1.54, 1.807) is 0 Å². The molecule has 12 heavy (non-hydrogen) atoms. The predicted octanol–water partition coefficient (Wildman–Crippen LogP) is -7.98. The third-order valence-electron chi connectivity index (χ3n) is 0. The van der Waals surface area contributed by atoms with E-state index in [4.69, 9.17) is 31.8 Å². The molecule has 0 unspecified atom stereocenters. The van der Waals surface area contributed by atoms with E-state index in [1.165, 1.54) is 0 Å². The molecular formula is HCr2NaO8Pb. The Bertz CT molecular complexity index is 213. The molecule has 0 aromatic carbocycles. The van der Waals surface area contributed by atoms with E-state index in [9.17, 15) is 0 Å². The molecule has 0 heterocycles. The van der Waals surface area contributed by atoms with E-state index in [-0.39, 0.29) is 56.9 Å². The number of hydrogen-bond acceptors (Lipinski definition) is 7. The molecule has 0 atom stereocenters. The normalized spacial score (nSPS) is 9.67. The quantitative estimate of drug-likeness (QED) is 0.347. The standard InChI is InChI=1S/2Cr.Na.H2O.7O.Pb/h;;;1H2;;;;;;;;/q;2*+1;;;;;;3*-1;+2/p-1. The van der Waals surface area contributed by atoms with Crippen LogP contribution < -0.4 is 42.0 Å². The van der Waals surface area contributed by atoms with Crippen LogP contribution in [-0.4, -0.2) is 31.5 Å². The van der Waals surface area contributed by atoms with Gasteiger partial charge >= 0.3 is 116 Å². The minimum absolute atomic E-state index is 0. The van der Waals surface area contributed by atoms with Gasteiger partial charge in [0.05, 0.1) is 0 Å². The van der Waals surface area contributed by atoms with Gasteiger partial charge in [0.2, 0.25) is 0 Å². The molecule has 0 aliphatic rings. The Morgan fingerprint density at radius 2 is 0.917 bits per heavy atom. The van der Waals surface area contributed by atoms with E-state index >= 15 is 0 Å². The van der Waals surface area contributed by atoms with E-state index in [0.717, 1.165) is 0 Å². The van der Waals surface area contributed by atoms with Crippen LogP contribution in [0.1, 0.15) is 0 Å². The fourth-order valence-corrected chi connectivity index (χ4v) is 0. The van der Waals surface area contributed by atoms with Gasteiger partial charge in [-0.3, -0.25) is 0 Å². The summed E-state index contributed by atoms with van der Waals surface area (Å²) in [6.45, 7) is 0. The maximum atomic E-state index is 8.70. The van der Waals surface area contributed by atoms with Crippen LogP contribution in [0.3, 0.4) is 0 Å². The van der Waals surface area contributed by atoms with Crippen molar-refractivity contribution in [1.82, 2.24) is 0 Å². The van der Waals surface area contributed by atoms with Crippen molar-refractivity contribution >= 4 is 27.3 Å². The number of hydrogen-bond donors (Lipinski definition) is 1. The average Bonchev–Trinajstić information content (AvgIpc) is 1.12. The van der Waals surface area contributed by atoms with Crippen molar-refractivity contribution in [2.24, 2.45) is 0 Å². The summed E-state index contributed by atoms with van der Waals surface area (Å²) in [6.07, 6.45) is 0. The Morgan fingerprint density at radius 3 is 0.917 bits per heavy atom. The smallest absolute Gasteiger partial charge is 2.00 e. The number of rotatable bonds is 0. The molecule has 12 heteroatoms. The molecule has 0 aliphatic heterocycles. The van der Waals surface area contributed by atoms with E-state index in [0.29, 0.717) is 0 Å². The molecule has 0 fully saturated rings. The van der Waals surface area contributed by atoms with E-state index < -0.39 is 27.2 Å². The maximum absolute atomic E-state index is 8.70. The Labute approximate surface area is 114 Å². The zero-order valence-corrected chi connectivity index (χ0v) is 14.1. The zero-order chi connectivity index (χ0) is 9.00. The van der Waals surface area contributed by atoms with Crippen molar-refractivity contribution < 1.29 is 88.6 Å². The van der Waals surface area contributed by atoms with Gasteiger partial charge in [0.1, 0.15) is 0 Å². The van der Waals surface area contributed by atoms with Gasteiger partial charge in [-0.15, -0.1) is 0 Å². The largest absolute Gasteiger partial charge is 2.00 e. The molecule has 66 valence electrons. The first-order valence-corrected chi connectivity index (χ1v) is 5.56. The summed E-state index contributed by atoms with van der Waals surface area (Å²) in [4.78, 5) is 0. The molecule has 0 aliphatic carbocycles. The average molecular weight is 463 g/mol. The van der Waals surface area contributed by atoms with Gasteiger partial charge in [-0.25, -0.2) is 0 Å². The molecule has 0 amide bonds. The van der Waals surface area contributed by atoms with E-state index in [1.807, 2.05) is 0 Å². The van der Waals surface area contributed by atoms with Crippen molar-refractivity contribution in [3.63, 3.8) is 0 Å². The van der Waals surface area contributed by atoms with Crippen LogP contribution in [0.25, 0.3) is 0 Å². The second kappa shape index (κ2) is 9.58. The summed E-state index contributed by atoms with van der Waals surface area (Å²) < 4.78 is 67.5. The zero-order valence-electron chi connectivity index (χ0n) is 5.62. The Morgan fingerprint density at radius 1 is 0.917 bits per heavy atom. The minimum atomic E-state index is -5.75. The van der Waals surface area contributed by atoms with Crippen molar-refractivity contribution in [3.05, 3.63) is 0 Å². The molecule has 2 radical (unpaired) electrons. The summed E-state index contributed by atoms with van der Waals surface area (Å²) in [5, 5.41) is 0. The molecule has 0 saturated heterocycles.